The molecule has 1 saturated carbocycles. The highest BCUT2D eigenvalue weighted by molar-refractivity contribution is 5.79. The van der Waals surface area contributed by atoms with Crippen LogP contribution >= 0.6 is 0 Å². The molecule has 0 spiro atoms. The fraction of sp³-hybridized carbons (Fsp3) is 0.524. The van der Waals surface area contributed by atoms with E-state index in [4.69, 9.17) is 4.52 Å². The molecular weight excluding hydrogens is 326 g/mol. The normalized spacial score (nSPS) is 21.2. The first-order chi connectivity index (χ1) is 12.6. The quantitative estimate of drug-likeness (QED) is 0.829. The van der Waals surface area contributed by atoms with Crippen LogP contribution in [-0.2, 0) is 17.6 Å². The van der Waals surface area contributed by atoms with E-state index in [9.17, 15) is 4.79 Å². The van der Waals surface area contributed by atoms with Crippen molar-refractivity contribution in [2.24, 2.45) is 0 Å². The molecule has 5 heteroatoms. The lowest BCUT2D eigenvalue weighted by Gasteiger charge is -2.42. The Hall–Kier alpha value is -2.14. The van der Waals surface area contributed by atoms with Crippen LogP contribution in [-0.4, -0.2) is 52.6 Å². The molecule has 1 atom stereocenters. The summed E-state index contributed by atoms with van der Waals surface area (Å²) in [5.74, 6) is 0.947. The van der Waals surface area contributed by atoms with Crippen LogP contribution in [0.2, 0.25) is 0 Å². The summed E-state index contributed by atoms with van der Waals surface area (Å²) in [6.45, 7) is 6.58. The van der Waals surface area contributed by atoms with Gasteiger partial charge in [-0.2, -0.15) is 0 Å². The van der Waals surface area contributed by atoms with Crippen molar-refractivity contribution in [1.29, 1.82) is 0 Å². The van der Waals surface area contributed by atoms with Gasteiger partial charge in [0.05, 0.1) is 12.1 Å². The van der Waals surface area contributed by atoms with Crippen molar-refractivity contribution in [3.05, 3.63) is 52.9 Å². The smallest absolute Gasteiger partial charge is 0.227 e. The lowest BCUT2D eigenvalue weighted by molar-refractivity contribution is -0.135. The zero-order valence-corrected chi connectivity index (χ0v) is 15.6. The predicted molar refractivity (Wildman–Crippen MR) is 99.9 cm³/mol. The van der Waals surface area contributed by atoms with Crippen molar-refractivity contribution in [2.75, 3.05) is 19.6 Å². The zero-order valence-electron chi connectivity index (χ0n) is 15.6. The third-order valence-electron chi connectivity index (χ3n) is 5.72. The number of carbonyl (C=O) groups excluding carboxylic acids is 1. The number of benzene rings is 1. The highest BCUT2D eigenvalue weighted by Gasteiger charge is 2.37. The van der Waals surface area contributed by atoms with Gasteiger partial charge in [0.2, 0.25) is 5.91 Å². The maximum Gasteiger partial charge on any atom is 0.227 e. The number of aryl methyl sites for hydroxylation is 2. The van der Waals surface area contributed by atoms with Crippen LogP contribution in [0, 0.1) is 13.8 Å². The Bertz CT molecular complexity index is 747. The third kappa shape index (κ3) is 3.68. The van der Waals surface area contributed by atoms with Crippen LogP contribution in [0.5, 0.6) is 0 Å². The first kappa shape index (κ1) is 17.3. The summed E-state index contributed by atoms with van der Waals surface area (Å²) in [6.07, 6.45) is 3.92. The van der Waals surface area contributed by atoms with Crippen LogP contribution < -0.4 is 0 Å². The summed E-state index contributed by atoms with van der Waals surface area (Å²) in [4.78, 5) is 17.8. The molecule has 2 aliphatic rings. The van der Waals surface area contributed by atoms with Crippen molar-refractivity contribution in [1.82, 2.24) is 15.0 Å². The Labute approximate surface area is 155 Å². The molecule has 2 aromatic rings. The second-order valence-electron chi connectivity index (χ2n) is 7.64. The summed E-state index contributed by atoms with van der Waals surface area (Å²) < 4.78 is 5.23. The molecule has 1 aromatic carbocycles. The van der Waals surface area contributed by atoms with Crippen LogP contribution in [0.25, 0.3) is 0 Å². The van der Waals surface area contributed by atoms with Gasteiger partial charge in [-0.15, -0.1) is 0 Å². The minimum absolute atomic E-state index is 0.191. The predicted octanol–water partition coefficient (Wildman–Crippen LogP) is 2.75. The SMILES string of the molecule is Cc1noc(C)c1CC(=O)N1CCN(C2CC2)CC1Cc1ccccc1. The molecule has 1 saturated heterocycles. The van der Waals surface area contributed by atoms with Gasteiger partial charge in [-0.05, 0) is 38.7 Å². The lowest BCUT2D eigenvalue weighted by Crippen LogP contribution is -2.56. The van der Waals surface area contributed by atoms with E-state index in [1.165, 1.54) is 18.4 Å². The molecule has 0 bridgehead atoms. The maximum atomic E-state index is 13.1. The van der Waals surface area contributed by atoms with Crippen molar-refractivity contribution in [3.63, 3.8) is 0 Å². The Kier molecular flexibility index (Phi) is 4.81. The number of rotatable bonds is 5. The van der Waals surface area contributed by atoms with Gasteiger partial charge < -0.3 is 9.42 Å². The lowest BCUT2D eigenvalue weighted by atomic mass is 10.0. The number of carbonyl (C=O) groups is 1. The van der Waals surface area contributed by atoms with Crippen LogP contribution in [0.3, 0.4) is 0 Å². The standard InChI is InChI=1S/C21H27N3O2/c1-15-20(16(2)26-22-15)13-21(25)24-11-10-23(18-8-9-18)14-19(24)12-17-6-4-3-5-7-17/h3-7,18-19H,8-14H2,1-2H3. The second-order valence-corrected chi connectivity index (χ2v) is 7.64. The third-order valence-corrected chi connectivity index (χ3v) is 5.72. The average molecular weight is 353 g/mol. The number of hydrogen-bond acceptors (Lipinski definition) is 4. The van der Waals surface area contributed by atoms with Gasteiger partial charge in [-0.25, -0.2) is 0 Å². The molecule has 1 aliphatic carbocycles. The van der Waals surface area contributed by atoms with Crippen molar-refractivity contribution < 1.29 is 9.32 Å². The van der Waals surface area contributed by atoms with Gasteiger partial charge in [0.15, 0.2) is 0 Å². The minimum Gasteiger partial charge on any atom is -0.361 e. The van der Waals surface area contributed by atoms with E-state index in [2.05, 4.69) is 39.2 Å². The van der Waals surface area contributed by atoms with Gasteiger partial charge in [0.1, 0.15) is 5.76 Å². The number of hydrogen-bond donors (Lipinski definition) is 0. The topological polar surface area (TPSA) is 49.6 Å². The maximum absolute atomic E-state index is 13.1. The van der Waals surface area contributed by atoms with E-state index in [1.54, 1.807) is 0 Å². The average Bonchev–Trinajstić information content (AvgIpc) is 3.45. The van der Waals surface area contributed by atoms with Crippen molar-refractivity contribution in [3.8, 4) is 0 Å². The molecule has 26 heavy (non-hydrogen) atoms. The summed E-state index contributed by atoms with van der Waals surface area (Å²) >= 11 is 0. The second kappa shape index (κ2) is 7.23. The van der Waals surface area contributed by atoms with Crippen molar-refractivity contribution >= 4 is 5.91 Å². The van der Waals surface area contributed by atoms with Crippen molar-refractivity contribution in [2.45, 2.75) is 51.6 Å². The Morgan fingerprint density at radius 1 is 1.19 bits per heavy atom. The van der Waals surface area contributed by atoms with Crippen LogP contribution in [0.15, 0.2) is 34.9 Å². The molecule has 138 valence electrons. The van der Waals surface area contributed by atoms with Gasteiger partial charge >= 0.3 is 0 Å². The van der Waals surface area contributed by atoms with E-state index in [1.807, 2.05) is 19.9 Å². The highest BCUT2D eigenvalue weighted by Crippen LogP contribution is 2.30. The van der Waals surface area contributed by atoms with Crippen LogP contribution in [0.1, 0.15) is 35.4 Å². The van der Waals surface area contributed by atoms with E-state index >= 15 is 0 Å². The summed E-state index contributed by atoms with van der Waals surface area (Å²) in [6, 6.07) is 11.5. The number of amides is 1. The van der Waals surface area contributed by atoms with Gasteiger partial charge in [0, 0.05) is 37.3 Å². The number of aromatic nitrogens is 1. The summed E-state index contributed by atoms with van der Waals surface area (Å²) in [5, 5.41) is 3.99. The number of nitrogens with zero attached hydrogens (tertiary/aromatic N) is 3. The Morgan fingerprint density at radius 3 is 2.62 bits per heavy atom. The molecule has 1 amide bonds. The molecule has 0 N–H and O–H groups in total. The minimum atomic E-state index is 0.191. The molecule has 1 aromatic heterocycles. The first-order valence-corrected chi connectivity index (χ1v) is 9.61. The van der Waals surface area contributed by atoms with E-state index in [-0.39, 0.29) is 11.9 Å². The summed E-state index contributed by atoms with van der Waals surface area (Å²) in [7, 11) is 0. The molecule has 5 nitrogen and oxygen atoms in total. The largest absolute Gasteiger partial charge is 0.361 e. The van der Waals surface area contributed by atoms with Crippen LogP contribution in [0.4, 0.5) is 0 Å². The fourth-order valence-electron chi connectivity index (χ4n) is 4.05. The summed E-state index contributed by atoms with van der Waals surface area (Å²) in [5.41, 5.74) is 3.07. The first-order valence-electron chi connectivity index (χ1n) is 9.61. The van der Waals surface area contributed by atoms with E-state index < -0.39 is 0 Å². The van der Waals surface area contributed by atoms with Gasteiger partial charge in [-0.3, -0.25) is 9.69 Å². The van der Waals surface area contributed by atoms with E-state index in [0.717, 1.165) is 49.1 Å². The highest BCUT2D eigenvalue weighted by atomic mass is 16.5. The van der Waals surface area contributed by atoms with Gasteiger partial charge in [-0.1, -0.05) is 35.5 Å². The molecule has 0 radical (unpaired) electrons. The molecule has 4 rings (SSSR count). The number of piperazine rings is 1. The molecule has 1 unspecified atom stereocenters. The van der Waals surface area contributed by atoms with Gasteiger partial charge in [0.25, 0.3) is 0 Å². The zero-order chi connectivity index (χ0) is 18.1. The molecule has 2 heterocycles. The Balaban J connectivity index is 1.50. The molecule has 2 fully saturated rings. The molecule has 1 aliphatic heterocycles. The monoisotopic (exact) mass is 353 g/mol. The fourth-order valence-corrected chi connectivity index (χ4v) is 4.05. The molecular formula is C21H27N3O2. The Morgan fingerprint density at radius 2 is 1.96 bits per heavy atom. The van der Waals surface area contributed by atoms with E-state index in [0.29, 0.717) is 6.42 Å².